The van der Waals surface area contributed by atoms with Gasteiger partial charge in [-0.3, -0.25) is 0 Å². The van der Waals surface area contributed by atoms with Crippen molar-refractivity contribution < 1.29 is 0 Å². The molecule has 1 aromatic heterocycles. The highest BCUT2D eigenvalue weighted by Crippen LogP contribution is 2.13. The fourth-order valence-electron chi connectivity index (χ4n) is 1.21. The Labute approximate surface area is 105 Å². The van der Waals surface area contributed by atoms with Crippen molar-refractivity contribution >= 4 is 21.6 Å². The molecule has 0 aromatic carbocycles. The Bertz CT molecular complexity index is 363. The third-order valence-electron chi connectivity index (χ3n) is 2.09. The van der Waals surface area contributed by atoms with Crippen molar-refractivity contribution in [1.82, 2.24) is 15.2 Å². The first-order valence-electron chi connectivity index (χ1n) is 5.02. The van der Waals surface area contributed by atoms with E-state index in [2.05, 4.69) is 36.4 Å². The van der Waals surface area contributed by atoms with Crippen LogP contribution in [0.15, 0.2) is 34.8 Å². The molecule has 0 bridgehead atoms. The summed E-state index contributed by atoms with van der Waals surface area (Å²) >= 11 is 3.34. The lowest BCUT2D eigenvalue weighted by Crippen LogP contribution is -2.20. The van der Waals surface area contributed by atoms with Crippen LogP contribution in [0.5, 0.6) is 0 Å². The molecule has 0 amide bonds. The number of hydrogen-bond acceptors (Lipinski definition) is 4. The monoisotopic (exact) mass is 284 g/mol. The number of rotatable bonds is 5. The van der Waals surface area contributed by atoms with E-state index < -0.39 is 0 Å². The second-order valence-corrected chi connectivity index (χ2v) is 4.35. The molecule has 0 unspecified atom stereocenters. The Morgan fingerprint density at radius 1 is 1.56 bits per heavy atom. The van der Waals surface area contributed by atoms with Crippen LogP contribution in [-0.4, -0.2) is 37.6 Å². The summed E-state index contributed by atoms with van der Waals surface area (Å²) in [6, 6.07) is 3.89. The summed E-state index contributed by atoms with van der Waals surface area (Å²) in [4.78, 5) is 6.15. The molecule has 4 nitrogen and oxygen atoms in total. The molecule has 88 valence electrons. The average molecular weight is 285 g/mol. The summed E-state index contributed by atoms with van der Waals surface area (Å²) in [5.74, 6) is 0. The molecule has 2 N–H and O–H groups in total. The van der Waals surface area contributed by atoms with Gasteiger partial charge in [0.1, 0.15) is 4.60 Å². The smallest absolute Gasteiger partial charge is 0.108 e. The molecule has 0 atom stereocenters. The van der Waals surface area contributed by atoms with Crippen LogP contribution in [0.2, 0.25) is 0 Å². The second-order valence-electron chi connectivity index (χ2n) is 3.54. The molecule has 0 saturated carbocycles. The SMILES string of the molecule is CN/C=C(/CNc1ccnc(Br)c1)N(C)C. The Kier molecular flexibility index (Phi) is 5.11. The summed E-state index contributed by atoms with van der Waals surface area (Å²) in [5, 5.41) is 6.36. The first-order valence-corrected chi connectivity index (χ1v) is 5.82. The van der Waals surface area contributed by atoms with Gasteiger partial charge in [-0.25, -0.2) is 4.98 Å². The van der Waals surface area contributed by atoms with Crippen molar-refractivity contribution in [3.63, 3.8) is 0 Å². The molecule has 1 aromatic rings. The van der Waals surface area contributed by atoms with Gasteiger partial charge in [-0.15, -0.1) is 0 Å². The average Bonchev–Trinajstić information content (AvgIpc) is 2.24. The van der Waals surface area contributed by atoms with E-state index in [9.17, 15) is 0 Å². The van der Waals surface area contributed by atoms with Crippen LogP contribution >= 0.6 is 15.9 Å². The number of nitrogens with zero attached hydrogens (tertiary/aromatic N) is 2. The predicted molar refractivity (Wildman–Crippen MR) is 71.3 cm³/mol. The molecule has 0 aliphatic rings. The van der Waals surface area contributed by atoms with Crippen molar-refractivity contribution in [2.75, 3.05) is 33.0 Å². The molecule has 16 heavy (non-hydrogen) atoms. The van der Waals surface area contributed by atoms with Gasteiger partial charge in [0, 0.05) is 44.9 Å². The highest BCUT2D eigenvalue weighted by atomic mass is 79.9. The minimum Gasteiger partial charge on any atom is -0.393 e. The summed E-state index contributed by atoms with van der Waals surface area (Å²) in [5.41, 5.74) is 2.22. The maximum atomic E-state index is 4.08. The third kappa shape index (κ3) is 4.10. The van der Waals surface area contributed by atoms with E-state index in [-0.39, 0.29) is 0 Å². The number of anilines is 1. The molecule has 0 aliphatic carbocycles. The highest BCUT2D eigenvalue weighted by Gasteiger charge is 2.00. The molecule has 0 spiro atoms. The zero-order chi connectivity index (χ0) is 12.0. The molecule has 1 rings (SSSR count). The Hall–Kier alpha value is -1.23. The summed E-state index contributed by atoms with van der Waals surface area (Å²) in [7, 11) is 5.94. The van der Waals surface area contributed by atoms with Gasteiger partial charge in [0.25, 0.3) is 0 Å². The van der Waals surface area contributed by atoms with Crippen molar-refractivity contribution in [2.24, 2.45) is 0 Å². The van der Waals surface area contributed by atoms with Crippen LogP contribution in [0.3, 0.4) is 0 Å². The van der Waals surface area contributed by atoms with E-state index >= 15 is 0 Å². The van der Waals surface area contributed by atoms with Gasteiger partial charge in [-0.05, 0) is 28.1 Å². The Balaban J connectivity index is 2.59. The van der Waals surface area contributed by atoms with Crippen molar-refractivity contribution in [2.45, 2.75) is 0 Å². The van der Waals surface area contributed by atoms with Gasteiger partial charge < -0.3 is 15.5 Å². The number of pyridine rings is 1. The van der Waals surface area contributed by atoms with Gasteiger partial charge in [0.15, 0.2) is 0 Å². The number of aromatic nitrogens is 1. The van der Waals surface area contributed by atoms with Crippen LogP contribution in [0.1, 0.15) is 0 Å². The molecule has 0 saturated heterocycles. The maximum absolute atomic E-state index is 4.08. The van der Waals surface area contributed by atoms with E-state index in [1.54, 1.807) is 6.20 Å². The van der Waals surface area contributed by atoms with Crippen LogP contribution in [0.4, 0.5) is 5.69 Å². The van der Waals surface area contributed by atoms with Gasteiger partial charge in [0.05, 0.1) is 6.54 Å². The van der Waals surface area contributed by atoms with Crippen molar-refractivity contribution in [3.05, 3.63) is 34.8 Å². The highest BCUT2D eigenvalue weighted by molar-refractivity contribution is 9.10. The standard InChI is InChI=1S/C11H17BrN4/c1-13-7-10(16(2)3)8-15-9-4-5-14-11(12)6-9/h4-7,13H,8H2,1-3H3,(H,14,15)/b10-7-. The molecule has 0 radical (unpaired) electrons. The second kappa shape index (κ2) is 6.37. The topological polar surface area (TPSA) is 40.2 Å². The minimum absolute atomic E-state index is 0.768. The normalized spacial score (nSPS) is 11.1. The lowest BCUT2D eigenvalue weighted by molar-refractivity contribution is 0.502. The zero-order valence-electron chi connectivity index (χ0n) is 9.79. The van der Waals surface area contributed by atoms with E-state index in [1.165, 1.54) is 5.70 Å². The first-order chi connectivity index (χ1) is 7.63. The minimum atomic E-state index is 0.768. The summed E-state index contributed by atoms with van der Waals surface area (Å²) in [6.45, 7) is 0.768. The molecule has 1 heterocycles. The zero-order valence-corrected chi connectivity index (χ0v) is 11.4. The van der Waals surface area contributed by atoms with Gasteiger partial charge in [0.2, 0.25) is 0 Å². The van der Waals surface area contributed by atoms with Gasteiger partial charge in [-0.2, -0.15) is 0 Å². The van der Waals surface area contributed by atoms with Crippen LogP contribution < -0.4 is 10.6 Å². The largest absolute Gasteiger partial charge is 0.393 e. The van der Waals surface area contributed by atoms with Crippen molar-refractivity contribution in [1.29, 1.82) is 0 Å². The number of hydrogen-bond donors (Lipinski definition) is 2. The van der Waals surface area contributed by atoms with Crippen LogP contribution in [-0.2, 0) is 0 Å². The summed E-state index contributed by atoms with van der Waals surface area (Å²) < 4.78 is 0.835. The van der Waals surface area contributed by atoms with Gasteiger partial charge >= 0.3 is 0 Å². The predicted octanol–water partition coefficient (Wildman–Crippen LogP) is 1.88. The quantitative estimate of drug-likeness (QED) is 0.810. The molecule has 0 fully saturated rings. The molecule has 0 aliphatic heterocycles. The lowest BCUT2D eigenvalue weighted by atomic mass is 10.3. The molecular formula is C11H17BrN4. The van der Waals surface area contributed by atoms with E-state index in [0.29, 0.717) is 0 Å². The van der Waals surface area contributed by atoms with Gasteiger partial charge in [-0.1, -0.05) is 0 Å². The van der Waals surface area contributed by atoms with Crippen molar-refractivity contribution in [3.8, 4) is 0 Å². The number of likely N-dealkylation sites (N-methyl/N-ethyl adjacent to an activating group) is 1. The fraction of sp³-hybridized carbons (Fsp3) is 0.364. The first kappa shape index (κ1) is 12.8. The Morgan fingerprint density at radius 3 is 2.88 bits per heavy atom. The fourth-order valence-corrected chi connectivity index (χ4v) is 1.57. The van der Waals surface area contributed by atoms with Crippen LogP contribution in [0.25, 0.3) is 0 Å². The van der Waals surface area contributed by atoms with E-state index in [0.717, 1.165) is 16.8 Å². The number of nitrogens with one attached hydrogen (secondary N) is 2. The van der Waals surface area contributed by atoms with Crippen LogP contribution in [0, 0.1) is 0 Å². The molecular weight excluding hydrogens is 268 g/mol. The third-order valence-corrected chi connectivity index (χ3v) is 2.52. The lowest BCUT2D eigenvalue weighted by Gasteiger charge is -2.18. The van der Waals surface area contributed by atoms with E-state index in [1.807, 2.05) is 39.5 Å². The molecule has 5 heteroatoms. The summed E-state index contributed by atoms with van der Waals surface area (Å²) in [6.07, 6.45) is 3.74. The van der Waals surface area contributed by atoms with E-state index in [4.69, 9.17) is 0 Å². The Morgan fingerprint density at radius 2 is 2.31 bits per heavy atom. The number of halogens is 1. The maximum Gasteiger partial charge on any atom is 0.108 e.